The number of aromatic nitrogens is 2. The van der Waals surface area contributed by atoms with Crippen molar-refractivity contribution in [2.45, 2.75) is 6.92 Å². The van der Waals surface area contributed by atoms with Gasteiger partial charge in [0.1, 0.15) is 0 Å². The van der Waals surface area contributed by atoms with Crippen molar-refractivity contribution in [1.29, 1.82) is 0 Å². The lowest BCUT2D eigenvalue weighted by atomic mass is 10.0. The van der Waals surface area contributed by atoms with E-state index in [1.807, 2.05) is 6.07 Å². The van der Waals surface area contributed by atoms with Gasteiger partial charge < -0.3 is 10.2 Å². The van der Waals surface area contributed by atoms with Gasteiger partial charge in [0.25, 0.3) is 0 Å². The highest BCUT2D eigenvalue weighted by molar-refractivity contribution is 5.93. The van der Waals surface area contributed by atoms with E-state index in [1.165, 1.54) is 5.56 Å². The first-order valence-corrected chi connectivity index (χ1v) is 8.11. The number of nitrogens with zero attached hydrogens (tertiary/aromatic N) is 3. The maximum absolute atomic E-state index is 4.92. The number of nitrogens with one attached hydrogen (secondary N) is 1. The molecule has 5 heteroatoms. The fraction of sp³-hybridized carbons (Fsp3) is 0.263. The van der Waals surface area contributed by atoms with Crippen molar-refractivity contribution in [1.82, 2.24) is 15.3 Å². The lowest BCUT2D eigenvalue weighted by Gasteiger charge is -2.28. The lowest BCUT2D eigenvalue weighted by molar-refractivity contribution is 0.581. The number of anilines is 1. The van der Waals surface area contributed by atoms with E-state index in [-0.39, 0.29) is 12.4 Å². The van der Waals surface area contributed by atoms with Gasteiger partial charge in [-0.1, -0.05) is 42.0 Å². The molecule has 4 rings (SSSR count). The summed E-state index contributed by atoms with van der Waals surface area (Å²) < 4.78 is 0. The van der Waals surface area contributed by atoms with Crippen LogP contribution in [0.2, 0.25) is 0 Å². The average Bonchev–Trinajstić information content (AvgIpc) is 2.62. The number of hydrogen-bond donors (Lipinski definition) is 1. The molecule has 1 aromatic heterocycles. The molecule has 0 unspecified atom stereocenters. The molecular weight excluding hydrogens is 320 g/mol. The molecule has 0 atom stereocenters. The summed E-state index contributed by atoms with van der Waals surface area (Å²) in [5, 5.41) is 4.50. The Kier molecular flexibility index (Phi) is 4.97. The van der Waals surface area contributed by atoms with Crippen molar-refractivity contribution < 1.29 is 0 Å². The van der Waals surface area contributed by atoms with E-state index in [0.717, 1.165) is 54.3 Å². The van der Waals surface area contributed by atoms with Crippen LogP contribution in [-0.2, 0) is 0 Å². The maximum atomic E-state index is 4.92. The Hall–Kier alpha value is -2.17. The molecule has 1 aliphatic heterocycles. The molecule has 124 valence electrons. The number of fused-ring (bicyclic) bond motifs is 1. The van der Waals surface area contributed by atoms with Gasteiger partial charge in [-0.25, -0.2) is 9.97 Å². The van der Waals surface area contributed by atoms with Crippen LogP contribution in [0.25, 0.3) is 22.2 Å². The highest BCUT2D eigenvalue weighted by Crippen LogP contribution is 2.29. The molecule has 2 heterocycles. The zero-order valence-corrected chi connectivity index (χ0v) is 14.5. The summed E-state index contributed by atoms with van der Waals surface area (Å²) in [5.74, 6) is 0.835. The molecule has 0 radical (unpaired) electrons. The Bertz CT molecular complexity index is 829. The summed E-state index contributed by atoms with van der Waals surface area (Å²) in [6, 6.07) is 16.8. The SMILES string of the molecule is Cc1ccc2nc(N3CCNCC3)nc(-c3ccccc3)c2c1.Cl. The van der Waals surface area contributed by atoms with E-state index in [0.29, 0.717) is 0 Å². The molecule has 0 aliphatic carbocycles. The molecule has 24 heavy (non-hydrogen) atoms. The van der Waals surface area contributed by atoms with Crippen LogP contribution in [0.3, 0.4) is 0 Å². The molecule has 3 aromatic rings. The molecule has 0 amide bonds. The normalized spacial score (nSPS) is 14.5. The molecule has 1 saturated heterocycles. The minimum atomic E-state index is 0. The molecule has 0 spiro atoms. The molecule has 0 saturated carbocycles. The van der Waals surface area contributed by atoms with Gasteiger partial charge in [-0.15, -0.1) is 12.4 Å². The van der Waals surface area contributed by atoms with E-state index >= 15 is 0 Å². The summed E-state index contributed by atoms with van der Waals surface area (Å²) in [5.41, 5.74) is 4.40. The van der Waals surface area contributed by atoms with Gasteiger partial charge in [0.05, 0.1) is 11.2 Å². The number of rotatable bonds is 2. The van der Waals surface area contributed by atoms with Gasteiger partial charge in [0.15, 0.2) is 0 Å². The summed E-state index contributed by atoms with van der Waals surface area (Å²) in [6.07, 6.45) is 0. The monoisotopic (exact) mass is 340 g/mol. The number of aryl methyl sites for hydroxylation is 1. The standard InChI is InChI=1S/C19H20N4.ClH/c1-14-7-8-17-16(13-14)18(15-5-3-2-4-6-15)22-19(21-17)23-11-9-20-10-12-23;/h2-8,13,20H,9-12H2,1H3;1H. The molecular formula is C19H21ClN4. The van der Waals surface area contributed by atoms with Gasteiger partial charge in [0.2, 0.25) is 5.95 Å². The predicted octanol–water partition coefficient (Wildman–Crippen LogP) is 3.44. The lowest BCUT2D eigenvalue weighted by Crippen LogP contribution is -2.44. The second-order valence-electron chi connectivity index (χ2n) is 6.00. The Morgan fingerprint density at radius 3 is 2.46 bits per heavy atom. The van der Waals surface area contributed by atoms with Crippen LogP contribution < -0.4 is 10.2 Å². The van der Waals surface area contributed by atoms with Crippen LogP contribution in [0, 0.1) is 6.92 Å². The molecule has 0 bridgehead atoms. The average molecular weight is 341 g/mol. The van der Waals surface area contributed by atoms with E-state index in [9.17, 15) is 0 Å². The highest BCUT2D eigenvalue weighted by atomic mass is 35.5. The Morgan fingerprint density at radius 1 is 0.958 bits per heavy atom. The third-order valence-electron chi connectivity index (χ3n) is 4.29. The first kappa shape index (κ1) is 16.7. The van der Waals surface area contributed by atoms with Crippen molar-refractivity contribution in [3.8, 4) is 11.3 Å². The Balaban J connectivity index is 0.00000169. The number of hydrogen-bond acceptors (Lipinski definition) is 4. The number of benzene rings is 2. The largest absolute Gasteiger partial charge is 0.338 e. The van der Waals surface area contributed by atoms with Gasteiger partial charge in [-0.2, -0.15) is 0 Å². The van der Waals surface area contributed by atoms with E-state index in [1.54, 1.807) is 0 Å². The fourth-order valence-electron chi connectivity index (χ4n) is 3.05. The van der Waals surface area contributed by atoms with Crippen molar-refractivity contribution >= 4 is 29.3 Å². The molecule has 1 aliphatic rings. The summed E-state index contributed by atoms with van der Waals surface area (Å²) in [4.78, 5) is 12.0. The van der Waals surface area contributed by atoms with E-state index in [2.05, 4.69) is 59.6 Å². The molecule has 1 fully saturated rings. The maximum Gasteiger partial charge on any atom is 0.226 e. The zero-order chi connectivity index (χ0) is 15.6. The smallest absolute Gasteiger partial charge is 0.226 e. The van der Waals surface area contributed by atoms with Crippen molar-refractivity contribution in [3.63, 3.8) is 0 Å². The highest BCUT2D eigenvalue weighted by Gasteiger charge is 2.16. The van der Waals surface area contributed by atoms with Crippen molar-refractivity contribution in [3.05, 3.63) is 54.1 Å². The molecule has 1 N–H and O–H groups in total. The van der Waals surface area contributed by atoms with Crippen LogP contribution in [0.4, 0.5) is 5.95 Å². The second kappa shape index (κ2) is 7.16. The van der Waals surface area contributed by atoms with Crippen molar-refractivity contribution in [2.24, 2.45) is 0 Å². The third-order valence-corrected chi connectivity index (χ3v) is 4.29. The predicted molar refractivity (Wildman–Crippen MR) is 102 cm³/mol. The van der Waals surface area contributed by atoms with Gasteiger partial charge in [0, 0.05) is 37.1 Å². The van der Waals surface area contributed by atoms with Crippen LogP contribution in [0.15, 0.2) is 48.5 Å². The minimum Gasteiger partial charge on any atom is -0.338 e. The summed E-state index contributed by atoms with van der Waals surface area (Å²) >= 11 is 0. The topological polar surface area (TPSA) is 41.1 Å². The van der Waals surface area contributed by atoms with Gasteiger partial charge in [-0.3, -0.25) is 0 Å². The van der Waals surface area contributed by atoms with Gasteiger partial charge >= 0.3 is 0 Å². The molecule has 2 aromatic carbocycles. The number of halogens is 1. The quantitative estimate of drug-likeness (QED) is 0.776. The van der Waals surface area contributed by atoms with Crippen LogP contribution in [0.1, 0.15) is 5.56 Å². The van der Waals surface area contributed by atoms with Crippen molar-refractivity contribution in [2.75, 3.05) is 31.1 Å². The molecule has 4 nitrogen and oxygen atoms in total. The zero-order valence-electron chi connectivity index (χ0n) is 13.7. The Morgan fingerprint density at radius 2 is 1.71 bits per heavy atom. The van der Waals surface area contributed by atoms with E-state index in [4.69, 9.17) is 9.97 Å². The number of piperazine rings is 1. The summed E-state index contributed by atoms with van der Waals surface area (Å²) in [6.45, 7) is 5.97. The first-order valence-electron chi connectivity index (χ1n) is 8.11. The van der Waals surface area contributed by atoms with E-state index < -0.39 is 0 Å². The van der Waals surface area contributed by atoms with Crippen LogP contribution in [-0.4, -0.2) is 36.1 Å². The fourth-order valence-corrected chi connectivity index (χ4v) is 3.05. The van der Waals surface area contributed by atoms with Crippen LogP contribution in [0.5, 0.6) is 0 Å². The van der Waals surface area contributed by atoms with Gasteiger partial charge in [-0.05, 0) is 19.1 Å². The van der Waals surface area contributed by atoms with Crippen LogP contribution >= 0.6 is 12.4 Å². The first-order chi connectivity index (χ1) is 11.3. The minimum absolute atomic E-state index is 0. The second-order valence-corrected chi connectivity index (χ2v) is 6.00. The summed E-state index contributed by atoms with van der Waals surface area (Å²) in [7, 11) is 0. The third kappa shape index (κ3) is 3.21. The Labute approximate surface area is 148 Å².